The molecule has 1 unspecified atom stereocenters. The van der Waals surface area contributed by atoms with E-state index in [1.807, 2.05) is 19.1 Å². The van der Waals surface area contributed by atoms with Crippen molar-refractivity contribution in [2.75, 3.05) is 13.2 Å². The van der Waals surface area contributed by atoms with Crippen molar-refractivity contribution in [3.8, 4) is 5.75 Å². The molecule has 1 atom stereocenters. The first kappa shape index (κ1) is 11.7. The van der Waals surface area contributed by atoms with Gasteiger partial charge >= 0.3 is 0 Å². The highest BCUT2D eigenvalue weighted by Crippen LogP contribution is 2.37. The standard InChI is InChI=1S/C13H18ClNO/c1-4-16-12-6-5-9(7-11(12)14)10-8-15-13(10,2)3/h5-7,10,15H,4,8H2,1-3H3. The minimum atomic E-state index is 0.177. The molecule has 1 aromatic carbocycles. The molecule has 1 aromatic rings. The fourth-order valence-electron chi connectivity index (χ4n) is 2.15. The molecule has 88 valence electrons. The molecule has 1 N–H and O–H groups in total. The van der Waals surface area contributed by atoms with E-state index in [1.54, 1.807) is 0 Å². The summed E-state index contributed by atoms with van der Waals surface area (Å²) in [6.45, 7) is 8.06. The van der Waals surface area contributed by atoms with Crippen LogP contribution in [0, 0.1) is 0 Å². The van der Waals surface area contributed by atoms with Crippen LogP contribution in [-0.4, -0.2) is 18.7 Å². The highest BCUT2D eigenvalue weighted by atomic mass is 35.5. The predicted octanol–water partition coefficient (Wildman–Crippen LogP) is 3.20. The van der Waals surface area contributed by atoms with E-state index in [1.165, 1.54) is 5.56 Å². The monoisotopic (exact) mass is 239 g/mol. The Hall–Kier alpha value is -0.730. The summed E-state index contributed by atoms with van der Waals surface area (Å²) < 4.78 is 5.43. The van der Waals surface area contributed by atoms with Crippen molar-refractivity contribution in [2.24, 2.45) is 0 Å². The van der Waals surface area contributed by atoms with Crippen LogP contribution >= 0.6 is 11.6 Å². The van der Waals surface area contributed by atoms with Crippen molar-refractivity contribution in [3.05, 3.63) is 28.8 Å². The minimum absolute atomic E-state index is 0.177. The molecular formula is C13H18ClNO. The summed E-state index contributed by atoms with van der Waals surface area (Å²) in [5.74, 6) is 1.32. The summed E-state index contributed by atoms with van der Waals surface area (Å²) in [6, 6.07) is 6.11. The Labute approximate surface area is 102 Å². The van der Waals surface area contributed by atoms with Gasteiger partial charge in [0.2, 0.25) is 0 Å². The van der Waals surface area contributed by atoms with E-state index >= 15 is 0 Å². The van der Waals surface area contributed by atoms with Crippen molar-refractivity contribution in [1.29, 1.82) is 0 Å². The Morgan fingerprint density at radius 3 is 2.69 bits per heavy atom. The van der Waals surface area contributed by atoms with E-state index in [9.17, 15) is 0 Å². The number of benzene rings is 1. The van der Waals surface area contributed by atoms with Crippen LogP contribution < -0.4 is 10.1 Å². The Kier molecular flexibility index (Phi) is 3.13. The molecular weight excluding hydrogens is 222 g/mol. The molecule has 1 aliphatic rings. The highest BCUT2D eigenvalue weighted by molar-refractivity contribution is 6.32. The number of halogens is 1. The first-order valence-corrected chi connectivity index (χ1v) is 6.09. The largest absolute Gasteiger partial charge is 0.492 e. The van der Waals surface area contributed by atoms with Crippen LogP contribution in [0.5, 0.6) is 5.75 Å². The van der Waals surface area contributed by atoms with E-state index in [0.29, 0.717) is 17.5 Å². The van der Waals surface area contributed by atoms with Gasteiger partial charge in [-0.25, -0.2) is 0 Å². The van der Waals surface area contributed by atoms with Gasteiger partial charge in [-0.15, -0.1) is 0 Å². The smallest absolute Gasteiger partial charge is 0.137 e. The molecule has 0 aromatic heterocycles. The van der Waals surface area contributed by atoms with Gasteiger partial charge in [0.25, 0.3) is 0 Å². The third kappa shape index (κ3) is 2.04. The minimum Gasteiger partial charge on any atom is -0.492 e. The highest BCUT2D eigenvalue weighted by Gasteiger charge is 2.38. The molecule has 0 bridgehead atoms. The molecule has 0 spiro atoms. The molecule has 1 saturated heterocycles. The molecule has 2 rings (SSSR count). The second kappa shape index (κ2) is 4.27. The van der Waals surface area contributed by atoms with E-state index < -0.39 is 0 Å². The number of ether oxygens (including phenoxy) is 1. The van der Waals surface area contributed by atoms with Gasteiger partial charge in [0.05, 0.1) is 11.6 Å². The van der Waals surface area contributed by atoms with E-state index in [2.05, 4.69) is 25.2 Å². The van der Waals surface area contributed by atoms with Crippen molar-refractivity contribution in [2.45, 2.75) is 32.2 Å². The number of hydrogen-bond acceptors (Lipinski definition) is 2. The quantitative estimate of drug-likeness (QED) is 0.875. The topological polar surface area (TPSA) is 21.3 Å². The van der Waals surface area contributed by atoms with Gasteiger partial charge in [0.1, 0.15) is 5.75 Å². The SMILES string of the molecule is CCOc1ccc(C2CNC2(C)C)cc1Cl. The molecule has 1 heterocycles. The van der Waals surface area contributed by atoms with Crippen molar-refractivity contribution in [3.63, 3.8) is 0 Å². The molecule has 2 nitrogen and oxygen atoms in total. The first-order chi connectivity index (χ1) is 7.54. The lowest BCUT2D eigenvalue weighted by Gasteiger charge is -2.46. The van der Waals surface area contributed by atoms with Crippen molar-refractivity contribution >= 4 is 11.6 Å². The van der Waals surface area contributed by atoms with Crippen molar-refractivity contribution < 1.29 is 4.74 Å². The average molecular weight is 240 g/mol. The number of hydrogen-bond donors (Lipinski definition) is 1. The predicted molar refractivity (Wildman–Crippen MR) is 67.4 cm³/mol. The second-order valence-corrected chi connectivity index (χ2v) is 5.19. The summed E-state index contributed by atoms with van der Waals surface area (Å²) in [4.78, 5) is 0. The Morgan fingerprint density at radius 2 is 2.25 bits per heavy atom. The molecule has 0 saturated carbocycles. The maximum Gasteiger partial charge on any atom is 0.137 e. The van der Waals surface area contributed by atoms with E-state index in [-0.39, 0.29) is 5.54 Å². The number of nitrogens with one attached hydrogen (secondary N) is 1. The summed E-state index contributed by atoms with van der Waals surface area (Å²) in [6.07, 6.45) is 0. The zero-order valence-corrected chi connectivity index (χ0v) is 10.8. The Morgan fingerprint density at radius 1 is 1.50 bits per heavy atom. The van der Waals surface area contributed by atoms with Crippen LogP contribution in [0.2, 0.25) is 5.02 Å². The third-order valence-corrected chi connectivity index (χ3v) is 3.59. The lowest BCUT2D eigenvalue weighted by molar-refractivity contribution is 0.208. The zero-order chi connectivity index (χ0) is 11.8. The maximum atomic E-state index is 6.18. The fraction of sp³-hybridized carbons (Fsp3) is 0.538. The van der Waals surface area contributed by atoms with E-state index in [4.69, 9.17) is 16.3 Å². The summed E-state index contributed by atoms with van der Waals surface area (Å²) in [5.41, 5.74) is 1.47. The van der Waals surface area contributed by atoms with Crippen LogP contribution in [0.4, 0.5) is 0 Å². The van der Waals surface area contributed by atoms with Gasteiger partial charge in [-0.2, -0.15) is 0 Å². The lowest BCUT2D eigenvalue weighted by Crippen LogP contribution is -2.59. The Bertz CT molecular complexity index is 390. The molecule has 0 radical (unpaired) electrons. The average Bonchev–Trinajstić information content (AvgIpc) is 2.21. The number of rotatable bonds is 3. The summed E-state index contributed by atoms with van der Waals surface area (Å²) in [7, 11) is 0. The van der Waals surface area contributed by atoms with Crippen LogP contribution in [-0.2, 0) is 0 Å². The van der Waals surface area contributed by atoms with Gasteiger partial charge in [-0.05, 0) is 38.5 Å². The first-order valence-electron chi connectivity index (χ1n) is 5.72. The summed E-state index contributed by atoms with van der Waals surface area (Å²) in [5, 5.41) is 4.13. The van der Waals surface area contributed by atoms with Crippen molar-refractivity contribution in [1.82, 2.24) is 5.32 Å². The van der Waals surface area contributed by atoms with Crippen LogP contribution in [0.3, 0.4) is 0 Å². The van der Waals surface area contributed by atoms with Crippen LogP contribution in [0.25, 0.3) is 0 Å². The van der Waals surface area contributed by atoms with Crippen LogP contribution in [0.1, 0.15) is 32.3 Å². The fourth-order valence-corrected chi connectivity index (χ4v) is 2.40. The molecule has 1 fully saturated rings. The molecule has 0 amide bonds. The van der Waals surface area contributed by atoms with Gasteiger partial charge < -0.3 is 10.1 Å². The lowest BCUT2D eigenvalue weighted by atomic mass is 9.75. The second-order valence-electron chi connectivity index (χ2n) is 4.78. The maximum absolute atomic E-state index is 6.18. The molecule has 16 heavy (non-hydrogen) atoms. The van der Waals surface area contributed by atoms with Crippen LogP contribution in [0.15, 0.2) is 18.2 Å². The molecule has 1 aliphatic heterocycles. The van der Waals surface area contributed by atoms with Gasteiger partial charge in [0, 0.05) is 18.0 Å². The summed E-state index contributed by atoms with van der Waals surface area (Å²) >= 11 is 6.18. The Balaban J connectivity index is 2.21. The normalized spacial score (nSPS) is 22.6. The van der Waals surface area contributed by atoms with Gasteiger partial charge in [0.15, 0.2) is 0 Å². The van der Waals surface area contributed by atoms with Gasteiger partial charge in [-0.3, -0.25) is 0 Å². The van der Waals surface area contributed by atoms with Gasteiger partial charge in [-0.1, -0.05) is 17.7 Å². The third-order valence-electron chi connectivity index (χ3n) is 3.29. The molecule has 3 heteroatoms. The molecule has 0 aliphatic carbocycles. The zero-order valence-electron chi connectivity index (χ0n) is 10.0. The van der Waals surface area contributed by atoms with E-state index in [0.717, 1.165) is 12.3 Å².